The molecule has 7 rings (SSSR count). The van der Waals surface area contributed by atoms with Gasteiger partial charge in [-0.15, -0.1) is 0 Å². The molecule has 3 aliphatic rings. The standard InChI is InChI=1S/C72H103N19O18S/c1-40(2)28-52(68(105)82-49(64(74)101)18-27-110-6)84-69(106)54(31-46-33-75-39-78-46)81-57(93)34-77-71(108)62(41(3)4)86-65(102)42(5)79-67(104)53(29-45-32-76-48-13-8-7-12-47(45)48)85-66(103)50(16-17-56(73)92)83-70(107)55-30-44-11-9-10-43-14-15-51(72(109)91(55)63(43)44)80-58(94)35-87-19-21-88(36-59(95)96)23-25-90(38-61(99)100)26-24-89(22-20-87)37-60(97)98/h7-13,32-33,39-42,49-55,62,76H,14-31,34-38H2,1-6H3,(H2,73,92)(H2,74,101)(H,75,78)(H,77,108)(H,79,104)(H,80,94)(H,81,93)(H,82,105)(H,83,107)(H,84,106)(H,85,103)(H,86,102)(H,95,96)(H,97,98)(H,99,100)/t42-,49-,50-,51-,52-,53-,54-,55-,62-/m0/s1. The van der Waals surface area contributed by atoms with Gasteiger partial charge >= 0.3 is 17.9 Å². The van der Waals surface area contributed by atoms with Crippen molar-refractivity contribution in [3.63, 3.8) is 0 Å². The van der Waals surface area contributed by atoms with Gasteiger partial charge in [-0.2, -0.15) is 11.8 Å². The van der Waals surface area contributed by atoms with Gasteiger partial charge in [-0.05, 0) is 85.6 Å². The summed E-state index contributed by atoms with van der Waals surface area (Å²) in [5.74, 6) is -13.2. The Bertz CT molecular complexity index is 3920. The number of aryl methyl sites for hydroxylation is 1. The Balaban J connectivity index is 1.03. The van der Waals surface area contributed by atoms with Crippen LogP contribution in [0.2, 0.25) is 0 Å². The van der Waals surface area contributed by atoms with E-state index < -0.39 is 182 Å². The van der Waals surface area contributed by atoms with Crippen LogP contribution in [-0.4, -0.2) is 290 Å². The highest BCUT2D eigenvalue weighted by atomic mass is 32.2. The van der Waals surface area contributed by atoms with E-state index in [2.05, 4.69) is 62.8 Å². The van der Waals surface area contributed by atoms with Crippen LogP contribution in [0.4, 0.5) is 5.69 Å². The Labute approximate surface area is 639 Å². The molecule has 0 aliphatic carbocycles. The zero-order valence-electron chi connectivity index (χ0n) is 62.6. The average Bonchev–Trinajstić information content (AvgIpc) is 1.60. The number of carbonyl (C=O) groups is 15. The van der Waals surface area contributed by atoms with E-state index in [0.29, 0.717) is 44.7 Å². The molecule has 0 bridgehead atoms. The summed E-state index contributed by atoms with van der Waals surface area (Å²) in [5, 5.41) is 53.7. The summed E-state index contributed by atoms with van der Waals surface area (Å²) < 4.78 is 0. The number of carbonyl (C=O) groups excluding carboxylic acids is 12. The largest absolute Gasteiger partial charge is 0.480 e. The first kappa shape index (κ1) is 86.7. The van der Waals surface area contributed by atoms with Crippen LogP contribution >= 0.6 is 11.8 Å². The van der Waals surface area contributed by atoms with E-state index in [1.54, 1.807) is 82.1 Å². The van der Waals surface area contributed by atoms with Gasteiger partial charge in [0.05, 0.1) is 44.7 Å². The lowest BCUT2D eigenvalue weighted by molar-refractivity contribution is -0.140. The van der Waals surface area contributed by atoms with Gasteiger partial charge in [0.1, 0.15) is 54.4 Å². The number of hydrogen-bond acceptors (Lipinski definition) is 21. The molecule has 2 aromatic heterocycles. The highest BCUT2D eigenvalue weighted by Crippen LogP contribution is 2.39. The molecule has 18 N–H and O–H groups in total. The molecule has 37 nitrogen and oxygen atoms in total. The Kier molecular flexibility index (Phi) is 33.0. The third-order valence-electron chi connectivity index (χ3n) is 19.1. The monoisotopic (exact) mass is 1550 g/mol. The van der Waals surface area contributed by atoms with Gasteiger partial charge in [-0.1, -0.05) is 64.1 Å². The second-order valence-corrected chi connectivity index (χ2v) is 29.5. The average molecular weight is 1550 g/mol. The van der Waals surface area contributed by atoms with Gasteiger partial charge in [0.15, 0.2) is 0 Å². The first-order valence-corrected chi connectivity index (χ1v) is 37.9. The number of rotatable bonds is 39. The molecule has 3 aliphatic heterocycles. The summed E-state index contributed by atoms with van der Waals surface area (Å²) in [6.07, 6.45) is 5.77. The van der Waals surface area contributed by atoms with Crippen molar-refractivity contribution in [3.8, 4) is 0 Å². The lowest BCUT2D eigenvalue weighted by Crippen LogP contribution is -2.60. The lowest BCUT2D eigenvalue weighted by Gasteiger charge is -2.33. The van der Waals surface area contributed by atoms with Crippen molar-refractivity contribution in [2.24, 2.45) is 23.3 Å². The van der Waals surface area contributed by atoms with E-state index >= 15 is 4.79 Å². The zero-order valence-corrected chi connectivity index (χ0v) is 63.4. The molecule has 1 saturated heterocycles. The quantitative estimate of drug-likeness (QED) is 0.0204. The number of aliphatic carboxylic acids is 3. The number of nitrogens with zero attached hydrogens (tertiary/aromatic N) is 6. The van der Waals surface area contributed by atoms with Crippen LogP contribution in [0, 0.1) is 11.8 Å². The molecule has 5 heterocycles. The molecule has 12 amide bonds. The highest BCUT2D eigenvalue weighted by Gasteiger charge is 2.45. The van der Waals surface area contributed by atoms with Crippen LogP contribution in [0.3, 0.4) is 0 Å². The third-order valence-corrected chi connectivity index (χ3v) is 19.8. The maximum atomic E-state index is 15.0. The number of carboxylic acid groups (broad SMARTS) is 3. The van der Waals surface area contributed by atoms with Crippen molar-refractivity contribution in [3.05, 3.63) is 83.6 Å². The second-order valence-electron chi connectivity index (χ2n) is 28.5. The summed E-state index contributed by atoms with van der Waals surface area (Å²) in [6.45, 7) is 7.11. The zero-order chi connectivity index (χ0) is 80.5. The minimum absolute atomic E-state index is 0.0494. The molecule has 9 atom stereocenters. The molecule has 0 spiro atoms. The van der Waals surface area contributed by atoms with E-state index in [4.69, 9.17) is 11.5 Å². The van der Waals surface area contributed by atoms with E-state index in [1.165, 1.54) is 36.1 Å². The molecular weight excluding hydrogens is 1450 g/mol. The Morgan fingerprint density at radius 1 is 0.600 bits per heavy atom. The van der Waals surface area contributed by atoms with Gasteiger partial charge in [0, 0.05) is 107 Å². The van der Waals surface area contributed by atoms with Crippen LogP contribution in [0.1, 0.15) is 89.1 Å². The van der Waals surface area contributed by atoms with E-state index in [1.807, 2.05) is 20.1 Å². The molecule has 0 radical (unpaired) electrons. The number of carboxylic acids is 3. The Morgan fingerprint density at radius 2 is 1.16 bits per heavy atom. The van der Waals surface area contributed by atoms with Crippen LogP contribution in [0.5, 0.6) is 0 Å². The smallest absolute Gasteiger partial charge is 0.317 e. The fourth-order valence-corrected chi connectivity index (χ4v) is 13.8. The number of anilines is 1. The summed E-state index contributed by atoms with van der Waals surface area (Å²) in [5.41, 5.74) is 14.6. The Morgan fingerprint density at radius 3 is 1.74 bits per heavy atom. The van der Waals surface area contributed by atoms with Crippen LogP contribution in [0.25, 0.3) is 10.9 Å². The minimum atomic E-state index is -1.60. The molecule has 600 valence electrons. The normalized spacial score (nSPS) is 17.9. The van der Waals surface area contributed by atoms with Crippen molar-refractivity contribution < 1.29 is 87.2 Å². The van der Waals surface area contributed by atoms with Crippen molar-refractivity contribution >= 4 is 117 Å². The molecule has 0 saturated carbocycles. The van der Waals surface area contributed by atoms with Gasteiger partial charge < -0.3 is 84.6 Å². The number of fused-ring (bicyclic) bond motifs is 1. The summed E-state index contributed by atoms with van der Waals surface area (Å²) in [6, 6.07) is 0.486. The van der Waals surface area contributed by atoms with E-state index in [0.717, 1.165) is 0 Å². The van der Waals surface area contributed by atoms with Crippen molar-refractivity contribution in [2.45, 2.75) is 147 Å². The number of nitrogens with one attached hydrogen (secondary N) is 11. The molecule has 0 unspecified atom stereocenters. The van der Waals surface area contributed by atoms with E-state index in [9.17, 15) is 82.4 Å². The van der Waals surface area contributed by atoms with Crippen molar-refractivity contribution in [1.82, 2.24) is 82.4 Å². The van der Waals surface area contributed by atoms with Gasteiger partial charge in [0.25, 0.3) is 0 Å². The number of primary amides is 2. The second kappa shape index (κ2) is 41.8. The number of aromatic amines is 2. The molecule has 38 heteroatoms. The third kappa shape index (κ3) is 26.3. The number of amides is 12. The topological polar surface area (TPSA) is 538 Å². The van der Waals surface area contributed by atoms with Crippen LogP contribution in [0.15, 0.2) is 61.2 Å². The minimum Gasteiger partial charge on any atom is -0.480 e. The summed E-state index contributed by atoms with van der Waals surface area (Å²) in [7, 11) is 0. The predicted octanol–water partition coefficient (Wildman–Crippen LogP) is -3.72. The fraction of sp³-hybridized carbons (Fsp3) is 0.556. The molecule has 110 heavy (non-hydrogen) atoms. The Hall–Kier alpha value is -10.6. The number of benzene rings is 2. The molecule has 2 aromatic carbocycles. The first-order valence-electron chi connectivity index (χ1n) is 36.5. The van der Waals surface area contributed by atoms with Crippen molar-refractivity contribution in [1.29, 1.82) is 0 Å². The number of H-pyrrole nitrogens is 2. The number of aromatic nitrogens is 3. The summed E-state index contributed by atoms with van der Waals surface area (Å²) in [4.78, 5) is 221. The van der Waals surface area contributed by atoms with Gasteiger partial charge in [-0.25, -0.2) is 4.98 Å². The van der Waals surface area contributed by atoms with E-state index in [-0.39, 0.29) is 116 Å². The number of imidazole rings is 1. The lowest BCUT2D eigenvalue weighted by atomic mass is 10.0. The highest BCUT2D eigenvalue weighted by molar-refractivity contribution is 7.98. The van der Waals surface area contributed by atoms with Crippen LogP contribution in [-0.2, 0) is 97.6 Å². The number of hydrogen-bond donors (Lipinski definition) is 16. The molecule has 1 fully saturated rings. The first-order chi connectivity index (χ1) is 52.3. The molecular formula is C72H103N19O18S. The number of nitrogens with two attached hydrogens (primary N) is 2. The summed E-state index contributed by atoms with van der Waals surface area (Å²) >= 11 is 1.45. The fourth-order valence-electron chi connectivity index (χ4n) is 13.3. The maximum absolute atomic E-state index is 15.0. The van der Waals surface area contributed by atoms with Gasteiger partial charge in [0.2, 0.25) is 70.9 Å². The van der Waals surface area contributed by atoms with Gasteiger partial charge in [-0.3, -0.25) is 96.4 Å². The van der Waals surface area contributed by atoms with Crippen molar-refractivity contribution in [2.75, 3.05) is 102 Å². The molecule has 4 aromatic rings. The number of thioether (sulfide) groups is 1. The SMILES string of the molecule is CSCC[C@H](NC(=O)[C@H](CC(C)C)NC(=O)[C@H](Cc1cnc[nH]1)NC(=O)CNC(=O)[C@@H](NC(=O)[C@H](C)NC(=O)[C@H](Cc1c[nH]c2ccccc12)NC(=O)[C@H](CCC(N)=O)NC(=O)[C@@H]1Cc2cccc3c2N1C(=O)[C@@H](NC(=O)CN1CCN(CC(=O)O)CCN(CC(=O)O)CCN(CC(=O)O)CC1)CC3)C(C)C)C(N)=O. The van der Waals surface area contributed by atoms with Crippen LogP contribution < -0.4 is 64.2 Å². The number of para-hydroxylation sites is 2. The predicted molar refractivity (Wildman–Crippen MR) is 402 cm³/mol. The maximum Gasteiger partial charge on any atom is 0.317 e.